The summed E-state index contributed by atoms with van der Waals surface area (Å²) in [7, 11) is 1.63. The maximum absolute atomic E-state index is 12.9. The smallest absolute Gasteiger partial charge is 0.253 e. The third-order valence-electron chi connectivity index (χ3n) is 4.62. The lowest BCUT2D eigenvalue weighted by Gasteiger charge is -2.38. The fourth-order valence-corrected chi connectivity index (χ4v) is 3.35. The quantitative estimate of drug-likeness (QED) is 0.928. The summed E-state index contributed by atoms with van der Waals surface area (Å²) in [6.07, 6.45) is 5.05. The van der Waals surface area contributed by atoms with E-state index in [4.69, 9.17) is 15.2 Å². The Bertz CT molecular complexity index is 625. The molecule has 5 heteroatoms. The first kappa shape index (κ1) is 15.9. The first-order valence-electron chi connectivity index (χ1n) is 8.18. The second-order valence-corrected chi connectivity index (χ2v) is 6.28. The molecule has 2 aliphatic heterocycles. The molecule has 1 amide bonds. The Morgan fingerprint density at radius 3 is 3.00 bits per heavy atom. The lowest BCUT2D eigenvalue weighted by atomic mass is 9.95. The highest BCUT2D eigenvalue weighted by molar-refractivity contribution is 5.99. The number of rotatable bonds is 3. The predicted octanol–water partition coefficient (Wildman–Crippen LogP) is 2.20. The highest BCUT2D eigenvalue weighted by Crippen LogP contribution is 2.31. The number of hydrogen-bond acceptors (Lipinski definition) is 4. The number of carbonyl (C=O) groups excluding carboxylic acids is 1. The van der Waals surface area contributed by atoms with Crippen LogP contribution in [0.2, 0.25) is 0 Å². The molecule has 0 saturated carbocycles. The van der Waals surface area contributed by atoms with Gasteiger partial charge in [-0.3, -0.25) is 4.79 Å². The van der Waals surface area contributed by atoms with E-state index in [0.717, 1.165) is 42.9 Å². The fraction of sp³-hybridized carbons (Fsp3) is 0.500. The molecular formula is C18H24N2O3. The number of methoxy groups -OCH3 is 1. The predicted molar refractivity (Wildman–Crippen MR) is 89.5 cm³/mol. The van der Waals surface area contributed by atoms with Gasteiger partial charge in [-0.25, -0.2) is 0 Å². The maximum Gasteiger partial charge on any atom is 0.253 e. The molecular weight excluding hydrogens is 292 g/mol. The molecule has 2 atom stereocenters. The molecule has 0 aliphatic carbocycles. The average molecular weight is 316 g/mol. The van der Waals surface area contributed by atoms with E-state index in [9.17, 15) is 4.79 Å². The largest absolute Gasteiger partial charge is 0.497 e. The first-order chi connectivity index (χ1) is 11.1. The van der Waals surface area contributed by atoms with Crippen LogP contribution in [0.25, 0.3) is 6.08 Å². The number of likely N-dealkylation sites (tertiary alicyclic amines) is 1. The van der Waals surface area contributed by atoms with Gasteiger partial charge in [-0.2, -0.15) is 0 Å². The van der Waals surface area contributed by atoms with Gasteiger partial charge in [0.25, 0.3) is 5.91 Å². The topological polar surface area (TPSA) is 64.8 Å². The van der Waals surface area contributed by atoms with Crippen molar-refractivity contribution in [3.63, 3.8) is 0 Å². The molecule has 1 saturated heterocycles. The Labute approximate surface area is 137 Å². The number of nitrogens with zero attached hydrogens (tertiary/aromatic N) is 1. The van der Waals surface area contributed by atoms with Crippen LogP contribution in [-0.4, -0.2) is 43.2 Å². The molecule has 2 N–H and O–H groups in total. The summed E-state index contributed by atoms with van der Waals surface area (Å²) in [5.74, 6) is 1.58. The van der Waals surface area contributed by atoms with Crippen LogP contribution in [0.15, 0.2) is 23.8 Å². The molecule has 3 rings (SSSR count). The second-order valence-electron chi connectivity index (χ2n) is 6.28. The summed E-state index contributed by atoms with van der Waals surface area (Å²) in [5.41, 5.74) is 7.64. The van der Waals surface area contributed by atoms with E-state index >= 15 is 0 Å². The molecule has 1 fully saturated rings. The summed E-state index contributed by atoms with van der Waals surface area (Å²) in [6.45, 7) is 3.05. The number of nitrogens with two attached hydrogens (primary N) is 1. The minimum Gasteiger partial charge on any atom is -0.497 e. The SMILES string of the molecule is COc1ccc2c(c1)C=C(C(=O)N1CCCC[C@H]1[C@H](C)N)CO2. The van der Waals surface area contributed by atoms with Crippen LogP contribution in [-0.2, 0) is 4.79 Å². The second kappa shape index (κ2) is 6.62. The molecule has 124 valence electrons. The Morgan fingerprint density at radius 2 is 2.26 bits per heavy atom. The van der Waals surface area contributed by atoms with Crippen LogP contribution in [0.5, 0.6) is 11.5 Å². The monoisotopic (exact) mass is 316 g/mol. The summed E-state index contributed by atoms with van der Waals surface area (Å²) in [6, 6.07) is 5.72. The summed E-state index contributed by atoms with van der Waals surface area (Å²) >= 11 is 0. The number of hydrogen-bond donors (Lipinski definition) is 1. The highest BCUT2D eigenvalue weighted by atomic mass is 16.5. The van der Waals surface area contributed by atoms with Crippen molar-refractivity contribution >= 4 is 12.0 Å². The van der Waals surface area contributed by atoms with E-state index in [0.29, 0.717) is 12.2 Å². The van der Waals surface area contributed by atoms with Gasteiger partial charge in [-0.1, -0.05) is 0 Å². The molecule has 1 aromatic carbocycles. The van der Waals surface area contributed by atoms with Crippen molar-refractivity contribution in [2.45, 2.75) is 38.3 Å². The number of benzene rings is 1. The first-order valence-corrected chi connectivity index (χ1v) is 8.18. The lowest BCUT2D eigenvalue weighted by molar-refractivity contribution is -0.131. The Hall–Kier alpha value is -2.01. The molecule has 2 aliphatic rings. The van der Waals surface area contributed by atoms with Crippen LogP contribution >= 0.6 is 0 Å². The molecule has 5 nitrogen and oxygen atoms in total. The van der Waals surface area contributed by atoms with Gasteiger partial charge >= 0.3 is 0 Å². The summed E-state index contributed by atoms with van der Waals surface area (Å²) < 4.78 is 11.0. The Balaban J connectivity index is 1.85. The molecule has 0 aromatic heterocycles. The summed E-state index contributed by atoms with van der Waals surface area (Å²) in [4.78, 5) is 14.8. The van der Waals surface area contributed by atoms with Crippen molar-refractivity contribution in [1.82, 2.24) is 4.90 Å². The zero-order valence-corrected chi connectivity index (χ0v) is 13.7. The van der Waals surface area contributed by atoms with E-state index in [2.05, 4.69) is 0 Å². The molecule has 1 aromatic rings. The Kier molecular flexibility index (Phi) is 4.57. The van der Waals surface area contributed by atoms with Crippen molar-refractivity contribution in [1.29, 1.82) is 0 Å². The van der Waals surface area contributed by atoms with Gasteiger partial charge in [-0.15, -0.1) is 0 Å². The van der Waals surface area contributed by atoms with Crippen LogP contribution < -0.4 is 15.2 Å². The van der Waals surface area contributed by atoms with Crippen molar-refractivity contribution < 1.29 is 14.3 Å². The minimum absolute atomic E-state index is 0.0169. The van der Waals surface area contributed by atoms with Gasteiger partial charge in [0, 0.05) is 24.2 Å². The fourth-order valence-electron chi connectivity index (χ4n) is 3.35. The third kappa shape index (κ3) is 3.20. The average Bonchev–Trinajstić information content (AvgIpc) is 2.60. The lowest BCUT2D eigenvalue weighted by Crippen LogP contribution is -2.52. The molecule has 23 heavy (non-hydrogen) atoms. The zero-order chi connectivity index (χ0) is 16.4. The van der Waals surface area contributed by atoms with Gasteiger partial charge in [-0.05, 0) is 50.5 Å². The van der Waals surface area contributed by atoms with E-state index in [-0.39, 0.29) is 18.0 Å². The van der Waals surface area contributed by atoms with Gasteiger partial charge in [0.1, 0.15) is 18.1 Å². The molecule has 2 heterocycles. The van der Waals surface area contributed by atoms with Crippen molar-refractivity contribution in [2.75, 3.05) is 20.3 Å². The molecule has 0 spiro atoms. The highest BCUT2D eigenvalue weighted by Gasteiger charge is 2.31. The van der Waals surface area contributed by atoms with Crippen molar-refractivity contribution in [2.24, 2.45) is 5.73 Å². The van der Waals surface area contributed by atoms with Gasteiger partial charge in [0.2, 0.25) is 0 Å². The van der Waals surface area contributed by atoms with Crippen LogP contribution in [0.4, 0.5) is 0 Å². The van der Waals surface area contributed by atoms with Crippen molar-refractivity contribution in [3.8, 4) is 11.5 Å². The zero-order valence-electron chi connectivity index (χ0n) is 13.7. The number of fused-ring (bicyclic) bond motifs is 1. The van der Waals surface area contributed by atoms with Gasteiger partial charge in [0.15, 0.2) is 0 Å². The minimum atomic E-state index is -0.0169. The van der Waals surface area contributed by atoms with Crippen LogP contribution in [0.1, 0.15) is 31.7 Å². The van der Waals surface area contributed by atoms with E-state index in [1.165, 1.54) is 0 Å². The molecule has 0 radical (unpaired) electrons. The normalized spacial score (nSPS) is 21.8. The van der Waals surface area contributed by atoms with Gasteiger partial charge < -0.3 is 20.1 Å². The summed E-state index contributed by atoms with van der Waals surface area (Å²) in [5, 5.41) is 0. The van der Waals surface area contributed by atoms with Crippen molar-refractivity contribution in [3.05, 3.63) is 29.3 Å². The number of piperidine rings is 1. The van der Waals surface area contributed by atoms with Crippen LogP contribution in [0.3, 0.4) is 0 Å². The standard InChI is InChI=1S/C18H24N2O3/c1-12(19)16-5-3-4-8-20(16)18(21)14-9-13-10-15(22-2)6-7-17(13)23-11-14/h6-7,9-10,12,16H,3-5,8,11,19H2,1-2H3/t12-,16-/m0/s1. The van der Waals surface area contributed by atoms with E-state index in [1.807, 2.05) is 36.1 Å². The third-order valence-corrected chi connectivity index (χ3v) is 4.62. The Morgan fingerprint density at radius 1 is 1.43 bits per heavy atom. The molecule has 0 unspecified atom stereocenters. The van der Waals surface area contributed by atoms with Crippen LogP contribution in [0, 0.1) is 0 Å². The van der Waals surface area contributed by atoms with E-state index < -0.39 is 0 Å². The number of carbonyl (C=O) groups is 1. The van der Waals surface area contributed by atoms with E-state index in [1.54, 1.807) is 7.11 Å². The van der Waals surface area contributed by atoms with Gasteiger partial charge in [0.05, 0.1) is 12.7 Å². The molecule has 0 bridgehead atoms. The number of amides is 1. The number of ether oxygens (including phenoxy) is 2. The maximum atomic E-state index is 12.9.